The van der Waals surface area contributed by atoms with Gasteiger partial charge in [-0.05, 0) is 34.0 Å². The monoisotopic (exact) mass is 337 g/mol. The molecule has 106 valence electrons. The number of para-hydroxylation sites is 1. The van der Waals surface area contributed by atoms with Crippen molar-refractivity contribution in [2.45, 2.75) is 6.42 Å². The maximum absolute atomic E-state index is 5.16. The summed E-state index contributed by atoms with van der Waals surface area (Å²) >= 11 is 3.33. The molecule has 6 heteroatoms. The maximum Gasteiger partial charge on any atom is 0.232 e. The van der Waals surface area contributed by atoms with Crippen molar-refractivity contribution in [2.24, 2.45) is 0 Å². The van der Waals surface area contributed by atoms with E-state index in [1.165, 1.54) is 0 Å². The van der Waals surface area contributed by atoms with Gasteiger partial charge in [0.15, 0.2) is 0 Å². The van der Waals surface area contributed by atoms with Gasteiger partial charge in [-0.3, -0.25) is 0 Å². The number of rotatable bonds is 6. The van der Waals surface area contributed by atoms with Gasteiger partial charge in [-0.1, -0.05) is 18.2 Å². The SMILES string of the molecule is COCCc1ccccc1Nc1ncc(Br)c(OC)n1. The summed E-state index contributed by atoms with van der Waals surface area (Å²) in [6, 6.07) is 8.01. The number of benzene rings is 1. The molecular weight excluding hydrogens is 322 g/mol. The van der Waals surface area contributed by atoms with Crippen molar-refractivity contribution in [3.63, 3.8) is 0 Å². The lowest BCUT2D eigenvalue weighted by molar-refractivity contribution is 0.202. The van der Waals surface area contributed by atoms with Gasteiger partial charge in [0, 0.05) is 12.8 Å². The van der Waals surface area contributed by atoms with E-state index >= 15 is 0 Å². The van der Waals surface area contributed by atoms with Gasteiger partial charge in [0.2, 0.25) is 11.8 Å². The van der Waals surface area contributed by atoms with Crippen LogP contribution in [-0.2, 0) is 11.2 Å². The summed E-state index contributed by atoms with van der Waals surface area (Å²) < 4.78 is 11.0. The number of hydrogen-bond donors (Lipinski definition) is 1. The molecule has 0 radical (unpaired) electrons. The molecule has 0 fully saturated rings. The van der Waals surface area contributed by atoms with Crippen LogP contribution in [0.1, 0.15) is 5.56 Å². The summed E-state index contributed by atoms with van der Waals surface area (Å²) in [5.41, 5.74) is 2.12. The van der Waals surface area contributed by atoms with Crippen LogP contribution < -0.4 is 10.1 Å². The highest BCUT2D eigenvalue weighted by molar-refractivity contribution is 9.10. The second-order valence-corrected chi connectivity index (χ2v) is 4.93. The van der Waals surface area contributed by atoms with E-state index in [9.17, 15) is 0 Å². The van der Waals surface area contributed by atoms with Crippen molar-refractivity contribution >= 4 is 27.6 Å². The van der Waals surface area contributed by atoms with Crippen molar-refractivity contribution in [3.8, 4) is 5.88 Å². The third kappa shape index (κ3) is 3.68. The summed E-state index contributed by atoms with van der Waals surface area (Å²) in [6.45, 7) is 0.670. The molecule has 1 N–H and O–H groups in total. The van der Waals surface area contributed by atoms with E-state index in [0.717, 1.165) is 22.1 Å². The summed E-state index contributed by atoms with van der Waals surface area (Å²) in [5, 5.41) is 3.20. The number of nitrogens with one attached hydrogen (secondary N) is 1. The highest BCUT2D eigenvalue weighted by Gasteiger charge is 2.07. The Morgan fingerprint density at radius 2 is 2.05 bits per heavy atom. The first-order valence-electron chi connectivity index (χ1n) is 6.15. The lowest BCUT2D eigenvalue weighted by atomic mass is 10.1. The number of halogens is 1. The minimum absolute atomic E-state index is 0.495. The zero-order valence-corrected chi connectivity index (χ0v) is 13.0. The quantitative estimate of drug-likeness (QED) is 0.877. The number of nitrogens with zero attached hydrogens (tertiary/aromatic N) is 2. The van der Waals surface area contributed by atoms with Crippen LogP contribution in [0.5, 0.6) is 5.88 Å². The molecule has 0 amide bonds. The van der Waals surface area contributed by atoms with Crippen molar-refractivity contribution in [1.29, 1.82) is 0 Å². The zero-order chi connectivity index (χ0) is 14.4. The predicted molar refractivity (Wildman–Crippen MR) is 81.6 cm³/mol. The Morgan fingerprint density at radius 1 is 1.25 bits per heavy atom. The Balaban J connectivity index is 2.21. The standard InChI is InChI=1S/C14H16BrN3O2/c1-19-8-7-10-5-3-4-6-12(10)17-14-16-9-11(15)13(18-14)20-2/h3-6,9H,7-8H2,1-2H3,(H,16,17,18). The molecule has 0 unspecified atom stereocenters. The average Bonchev–Trinajstić information content (AvgIpc) is 2.48. The summed E-state index contributed by atoms with van der Waals surface area (Å²) in [5.74, 6) is 0.992. The van der Waals surface area contributed by atoms with Crippen LogP contribution in [0.3, 0.4) is 0 Å². The second kappa shape index (κ2) is 7.21. The predicted octanol–water partition coefficient (Wildman–Crippen LogP) is 3.18. The highest BCUT2D eigenvalue weighted by atomic mass is 79.9. The van der Waals surface area contributed by atoms with Crippen LogP contribution in [0.2, 0.25) is 0 Å². The summed E-state index contributed by atoms with van der Waals surface area (Å²) in [7, 11) is 3.27. The van der Waals surface area contributed by atoms with Crippen LogP contribution in [-0.4, -0.2) is 30.8 Å². The molecule has 0 aliphatic rings. The third-order valence-corrected chi connectivity index (χ3v) is 3.29. The molecule has 0 atom stereocenters. The fourth-order valence-electron chi connectivity index (χ4n) is 1.75. The van der Waals surface area contributed by atoms with Gasteiger partial charge in [0.25, 0.3) is 0 Å². The van der Waals surface area contributed by atoms with Gasteiger partial charge >= 0.3 is 0 Å². The largest absolute Gasteiger partial charge is 0.480 e. The molecule has 20 heavy (non-hydrogen) atoms. The van der Waals surface area contributed by atoms with Crippen LogP contribution in [0.25, 0.3) is 0 Å². The lowest BCUT2D eigenvalue weighted by Gasteiger charge is -2.11. The van der Waals surface area contributed by atoms with Crippen LogP contribution in [0.4, 0.5) is 11.6 Å². The second-order valence-electron chi connectivity index (χ2n) is 4.08. The van der Waals surface area contributed by atoms with E-state index in [2.05, 4.69) is 37.3 Å². The van der Waals surface area contributed by atoms with Gasteiger partial charge in [0.1, 0.15) is 0 Å². The Hall–Kier alpha value is -1.66. The van der Waals surface area contributed by atoms with E-state index in [0.29, 0.717) is 18.4 Å². The lowest BCUT2D eigenvalue weighted by Crippen LogP contribution is -2.03. The van der Waals surface area contributed by atoms with E-state index in [1.807, 2.05) is 18.2 Å². The molecule has 0 saturated carbocycles. The molecular formula is C14H16BrN3O2. The highest BCUT2D eigenvalue weighted by Crippen LogP contribution is 2.24. The van der Waals surface area contributed by atoms with E-state index < -0.39 is 0 Å². The van der Waals surface area contributed by atoms with Crippen LogP contribution in [0, 0.1) is 0 Å². The first-order chi connectivity index (χ1) is 9.74. The van der Waals surface area contributed by atoms with Crippen LogP contribution >= 0.6 is 15.9 Å². The zero-order valence-electron chi connectivity index (χ0n) is 11.4. The molecule has 0 aliphatic heterocycles. The first-order valence-corrected chi connectivity index (χ1v) is 6.94. The van der Waals surface area contributed by atoms with E-state index in [1.54, 1.807) is 20.4 Å². The first kappa shape index (κ1) is 14.7. The Bertz CT molecular complexity index is 578. The molecule has 5 nitrogen and oxygen atoms in total. The van der Waals surface area contributed by atoms with Gasteiger partial charge in [0.05, 0.1) is 24.4 Å². The molecule has 2 rings (SSSR count). The Kier molecular flexibility index (Phi) is 5.31. The van der Waals surface area contributed by atoms with Crippen molar-refractivity contribution in [3.05, 3.63) is 40.5 Å². The molecule has 1 aromatic carbocycles. The van der Waals surface area contributed by atoms with E-state index in [4.69, 9.17) is 9.47 Å². The van der Waals surface area contributed by atoms with Gasteiger partial charge in [-0.25, -0.2) is 4.98 Å². The summed E-state index contributed by atoms with van der Waals surface area (Å²) in [6.07, 6.45) is 2.49. The van der Waals surface area contributed by atoms with Crippen molar-refractivity contribution < 1.29 is 9.47 Å². The minimum Gasteiger partial charge on any atom is -0.480 e. The smallest absolute Gasteiger partial charge is 0.232 e. The fraction of sp³-hybridized carbons (Fsp3) is 0.286. The van der Waals surface area contributed by atoms with Crippen molar-refractivity contribution in [2.75, 3.05) is 26.1 Å². The van der Waals surface area contributed by atoms with Gasteiger partial charge in [-0.2, -0.15) is 4.98 Å². The maximum atomic E-state index is 5.16. The normalized spacial score (nSPS) is 10.3. The number of ether oxygens (including phenoxy) is 2. The molecule has 0 spiro atoms. The van der Waals surface area contributed by atoms with Crippen molar-refractivity contribution in [1.82, 2.24) is 9.97 Å². The molecule has 0 aliphatic carbocycles. The molecule has 1 aromatic heterocycles. The third-order valence-electron chi connectivity index (χ3n) is 2.74. The van der Waals surface area contributed by atoms with Gasteiger partial charge in [-0.15, -0.1) is 0 Å². The minimum atomic E-state index is 0.495. The average molecular weight is 338 g/mol. The topological polar surface area (TPSA) is 56.3 Å². The van der Waals surface area contributed by atoms with Gasteiger partial charge < -0.3 is 14.8 Å². The van der Waals surface area contributed by atoms with E-state index in [-0.39, 0.29) is 0 Å². The summed E-state index contributed by atoms with van der Waals surface area (Å²) in [4.78, 5) is 8.51. The Morgan fingerprint density at radius 3 is 2.80 bits per heavy atom. The number of aromatic nitrogens is 2. The number of anilines is 2. The van der Waals surface area contributed by atoms with Crippen LogP contribution in [0.15, 0.2) is 34.9 Å². The molecule has 2 aromatic rings. The number of methoxy groups -OCH3 is 2. The molecule has 0 bridgehead atoms. The fourth-order valence-corrected chi connectivity index (χ4v) is 2.10. The number of hydrogen-bond acceptors (Lipinski definition) is 5. The Labute approximate surface area is 126 Å². The molecule has 0 saturated heterocycles. The molecule has 1 heterocycles.